The fourth-order valence-corrected chi connectivity index (χ4v) is 2.94. The van der Waals surface area contributed by atoms with Crippen molar-refractivity contribution in [3.05, 3.63) is 51.5 Å². The molecule has 1 N–H and O–H groups in total. The van der Waals surface area contributed by atoms with Crippen molar-refractivity contribution in [2.45, 2.75) is 6.92 Å². The molecule has 22 heavy (non-hydrogen) atoms. The molecule has 114 valence electrons. The van der Waals surface area contributed by atoms with Crippen LogP contribution < -0.4 is 9.64 Å². The Kier molecular flexibility index (Phi) is 3.89. The number of fused-ring (bicyclic) bond motifs is 1. The van der Waals surface area contributed by atoms with Gasteiger partial charge in [0.2, 0.25) is 0 Å². The maximum Gasteiger partial charge on any atom is 0.258 e. The summed E-state index contributed by atoms with van der Waals surface area (Å²) in [6.07, 6.45) is 0. The lowest BCUT2D eigenvalue weighted by atomic mass is 10.1. The highest BCUT2D eigenvalue weighted by Crippen LogP contribution is 2.37. The Morgan fingerprint density at radius 1 is 1.27 bits per heavy atom. The van der Waals surface area contributed by atoms with Crippen molar-refractivity contribution in [2.24, 2.45) is 0 Å². The number of halogens is 2. The van der Waals surface area contributed by atoms with Gasteiger partial charge in [-0.05, 0) is 30.7 Å². The third kappa shape index (κ3) is 2.49. The van der Waals surface area contributed by atoms with E-state index in [0.717, 1.165) is 11.3 Å². The molecule has 1 amide bonds. The minimum atomic E-state index is -0.237. The molecular formula is C16H13Cl2NO3. The van der Waals surface area contributed by atoms with E-state index < -0.39 is 0 Å². The molecule has 0 saturated carbocycles. The molecule has 0 aliphatic carbocycles. The largest absolute Gasteiger partial charge is 0.505 e. The minimum absolute atomic E-state index is 0.0496. The molecule has 0 aromatic heterocycles. The molecule has 2 aromatic carbocycles. The zero-order chi connectivity index (χ0) is 15.9. The number of carbonyl (C=O) groups excluding carboxylic acids is 1. The van der Waals surface area contributed by atoms with E-state index in [1.54, 1.807) is 4.90 Å². The van der Waals surface area contributed by atoms with Gasteiger partial charge in [-0.15, -0.1) is 0 Å². The summed E-state index contributed by atoms with van der Waals surface area (Å²) in [4.78, 5) is 14.4. The van der Waals surface area contributed by atoms with Crippen LogP contribution in [0.5, 0.6) is 11.5 Å². The number of phenolic OH excluding ortho intramolecular Hbond substituents is 1. The summed E-state index contributed by atoms with van der Waals surface area (Å²) in [7, 11) is 0. The predicted molar refractivity (Wildman–Crippen MR) is 86.5 cm³/mol. The number of rotatable bonds is 1. The van der Waals surface area contributed by atoms with Gasteiger partial charge in [-0.1, -0.05) is 35.3 Å². The average molecular weight is 338 g/mol. The van der Waals surface area contributed by atoms with Crippen LogP contribution in [-0.4, -0.2) is 24.2 Å². The summed E-state index contributed by atoms with van der Waals surface area (Å²) in [5.74, 6) is 0.245. The van der Waals surface area contributed by atoms with Crippen LogP contribution in [0.25, 0.3) is 0 Å². The SMILES string of the molecule is Cc1cccc2c1OCCN2C(=O)c1cc(Cl)c(O)c(Cl)c1. The molecule has 1 heterocycles. The standard InChI is InChI=1S/C16H13Cl2NO3/c1-9-3-2-4-13-15(9)22-6-5-19(13)16(21)10-7-11(17)14(20)12(18)8-10/h2-4,7-8,20H,5-6H2,1H3. The number of aromatic hydroxyl groups is 1. The Labute approximate surface area is 137 Å². The first-order chi connectivity index (χ1) is 10.5. The number of benzene rings is 2. The molecule has 6 heteroatoms. The van der Waals surface area contributed by atoms with Crippen molar-refractivity contribution in [2.75, 3.05) is 18.1 Å². The van der Waals surface area contributed by atoms with Gasteiger partial charge in [0.05, 0.1) is 22.3 Å². The number of amides is 1. The monoisotopic (exact) mass is 337 g/mol. The summed E-state index contributed by atoms with van der Waals surface area (Å²) in [5, 5.41) is 9.71. The zero-order valence-corrected chi connectivity index (χ0v) is 13.3. The van der Waals surface area contributed by atoms with Crippen LogP contribution in [0.3, 0.4) is 0 Å². The molecule has 0 fully saturated rings. The van der Waals surface area contributed by atoms with E-state index in [2.05, 4.69) is 0 Å². The van der Waals surface area contributed by atoms with Gasteiger partial charge in [0.15, 0.2) is 5.75 Å². The number of aryl methyl sites for hydroxylation is 1. The van der Waals surface area contributed by atoms with Gasteiger partial charge in [0, 0.05) is 5.56 Å². The lowest BCUT2D eigenvalue weighted by Crippen LogP contribution is -2.38. The van der Waals surface area contributed by atoms with Gasteiger partial charge < -0.3 is 14.7 Å². The van der Waals surface area contributed by atoms with Crippen LogP contribution in [0.2, 0.25) is 10.0 Å². The highest BCUT2D eigenvalue weighted by Gasteiger charge is 2.26. The summed E-state index contributed by atoms with van der Waals surface area (Å²) in [5.41, 5.74) is 2.01. The van der Waals surface area contributed by atoms with E-state index >= 15 is 0 Å². The van der Waals surface area contributed by atoms with Gasteiger partial charge in [-0.2, -0.15) is 0 Å². The predicted octanol–water partition coefficient (Wildman–Crippen LogP) is 4.05. The first-order valence-electron chi connectivity index (χ1n) is 6.71. The fourth-order valence-electron chi connectivity index (χ4n) is 2.45. The quantitative estimate of drug-likeness (QED) is 0.854. The Morgan fingerprint density at radius 3 is 2.64 bits per heavy atom. The Balaban J connectivity index is 2.03. The molecule has 1 aliphatic rings. The second-order valence-electron chi connectivity index (χ2n) is 5.02. The fraction of sp³-hybridized carbons (Fsp3) is 0.188. The molecule has 2 aromatic rings. The summed E-state index contributed by atoms with van der Waals surface area (Å²) in [6, 6.07) is 8.47. The minimum Gasteiger partial charge on any atom is -0.505 e. The van der Waals surface area contributed by atoms with Gasteiger partial charge in [-0.3, -0.25) is 4.79 Å². The molecule has 0 unspecified atom stereocenters. The Morgan fingerprint density at radius 2 is 1.95 bits per heavy atom. The Hall–Kier alpha value is -1.91. The van der Waals surface area contributed by atoms with E-state index in [0.29, 0.717) is 24.5 Å². The third-order valence-corrected chi connectivity index (χ3v) is 4.13. The van der Waals surface area contributed by atoms with E-state index in [-0.39, 0.29) is 21.7 Å². The van der Waals surface area contributed by atoms with Crippen molar-refractivity contribution in [1.82, 2.24) is 0 Å². The maximum atomic E-state index is 12.8. The number of nitrogens with zero attached hydrogens (tertiary/aromatic N) is 1. The van der Waals surface area contributed by atoms with Crippen LogP contribution in [0.15, 0.2) is 30.3 Å². The van der Waals surface area contributed by atoms with Gasteiger partial charge in [-0.25, -0.2) is 0 Å². The molecule has 4 nitrogen and oxygen atoms in total. The average Bonchev–Trinajstić information content (AvgIpc) is 2.51. The molecule has 0 saturated heterocycles. The molecule has 3 rings (SSSR count). The smallest absolute Gasteiger partial charge is 0.258 e. The number of hydrogen-bond donors (Lipinski definition) is 1. The number of carbonyl (C=O) groups is 1. The van der Waals surface area contributed by atoms with E-state index in [4.69, 9.17) is 27.9 Å². The lowest BCUT2D eigenvalue weighted by Gasteiger charge is -2.30. The number of anilines is 1. The highest BCUT2D eigenvalue weighted by atomic mass is 35.5. The van der Waals surface area contributed by atoms with Crippen molar-refractivity contribution in [3.8, 4) is 11.5 Å². The first kappa shape index (κ1) is 15.0. The number of hydrogen-bond acceptors (Lipinski definition) is 3. The van der Waals surface area contributed by atoms with E-state index in [1.165, 1.54) is 12.1 Å². The van der Waals surface area contributed by atoms with Crippen LogP contribution >= 0.6 is 23.2 Å². The lowest BCUT2D eigenvalue weighted by molar-refractivity contribution is 0.0976. The molecule has 0 bridgehead atoms. The van der Waals surface area contributed by atoms with Crippen LogP contribution in [0.1, 0.15) is 15.9 Å². The normalized spacial score (nSPS) is 13.5. The Bertz CT molecular complexity index is 738. The van der Waals surface area contributed by atoms with Crippen LogP contribution in [0.4, 0.5) is 5.69 Å². The summed E-state index contributed by atoms with van der Waals surface area (Å²) >= 11 is 11.8. The zero-order valence-electron chi connectivity index (χ0n) is 11.8. The van der Waals surface area contributed by atoms with Crippen molar-refractivity contribution in [3.63, 3.8) is 0 Å². The van der Waals surface area contributed by atoms with Gasteiger partial charge in [0.25, 0.3) is 5.91 Å². The number of para-hydroxylation sites is 1. The van der Waals surface area contributed by atoms with Crippen molar-refractivity contribution < 1.29 is 14.6 Å². The second-order valence-corrected chi connectivity index (χ2v) is 5.83. The summed E-state index contributed by atoms with van der Waals surface area (Å²) in [6.45, 7) is 2.79. The molecule has 0 radical (unpaired) electrons. The van der Waals surface area contributed by atoms with Crippen LogP contribution in [-0.2, 0) is 0 Å². The highest BCUT2D eigenvalue weighted by molar-refractivity contribution is 6.37. The van der Waals surface area contributed by atoms with E-state index in [1.807, 2.05) is 25.1 Å². The van der Waals surface area contributed by atoms with Crippen molar-refractivity contribution in [1.29, 1.82) is 0 Å². The molecule has 1 aliphatic heterocycles. The molecule has 0 spiro atoms. The third-order valence-electron chi connectivity index (χ3n) is 3.55. The van der Waals surface area contributed by atoms with E-state index in [9.17, 15) is 9.90 Å². The second kappa shape index (κ2) is 5.71. The van der Waals surface area contributed by atoms with Gasteiger partial charge in [0.1, 0.15) is 12.4 Å². The number of phenols is 1. The molecule has 0 atom stereocenters. The first-order valence-corrected chi connectivity index (χ1v) is 7.47. The topological polar surface area (TPSA) is 49.8 Å². The maximum absolute atomic E-state index is 12.8. The molecular weight excluding hydrogens is 325 g/mol. The number of ether oxygens (including phenoxy) is 1. The van der Waals surface area contributed by atoms with Crippen LogP contribution in [0, 0.1) is 6.92 Å². The van der Waals surface area contributed by atoms with Gasteiger partial charge >= 0.3 is 0 Å². The van der Waals surface area contributed by atoms with Crippen molar-refractivity contribution >= 4 is 34.8 Å². The summed E-state index contributed by atoms with van der Waals surface area (Å²) < 4.78 is 5.65.